The number of hydrogen-bond donors (Lipinski definition) is 1. The van der Waals surface area contributed by atoms with Crippen LogP contribution in [0.3, 0.4) is 0 Å². The fraction of sp³-hybridized carbons (Fsp3) is 0.613. The molecule has 1 N–H and O–H groups in total. The summed E-state index contributed by atoms with van der Waals surface area (Å²) in [6.07, 6.45) is 8.35. The molecule has 5 rings (SSSR count). The summed E-state index contributed by atoms with van der Waals surface area (Å²) in [6.45, 7) is 7.04. The lowest BCUT2D eigenvalue weighted by Crippen LogP contribution is -2.47. The van der Waals surface area contributed by atoms with E-state index >= 15 is 0 Å². The fourth-order valence-corrected chi connectivity index (χ4v) is 6.16. The number of nitrogens with one attached hydrogen (secondary N) is 1. The van der Waals surface area contributed by atoms with Crippen molar-refractivity contribution < 1.29 is 23.1 Å². The fourth-order valence-electron chi connectivity index (χ4n) is 6.16. The Balaban J connectivity index is 1.38. The van der Waals surface area contributed by atoms with E-state index < -0.39 is 6.04 Å². The molecule has 3 aliphatic rings. The first kappa shape index (κ1) is 28.8. The molecule has 8 nitrogen and oxygen atoms in total. The molecule has 0 radical (unpaired) electrons. The van der Waals surface area contributed by atoms with Crippen molar-refractivity contribution in [3.8, 4) is 0 Å². The Morgan fingerprint density at radius 2 is 1.65 bits per heavy atom. The Labute approximate surface area is 236 Å². The van der Waals surface area contributed by atoms with Gasteiger partial charge in [-0.05, 0) is 75.0 Å². The number of nitrogens with zero attached hydrogens (tertiary/aromatic N) is 3. The molecule has 3 fully saturated rings. The van der Waals surface area contributed by atoms with Crippen molar-refractivity contribution in [3.05, 3.63) is 59.3 Å². The minimum absolute atomic E-state index is 0.0977. The topological polar surface area (TPSA) is 78.3 Å². The van der Waals surface area contributed by atoms with Crippen molar-refractivity contribution in [2.45, 2.75) is 70.0 Å². The molecule has 2 aliphatic heterocycles. The summed E-state index contributed by atoms with van der Waals surface area (Å²) in [5, 5.41) is 3.19. The van der Waals surface area contributed by atoms with E-state index in [0.29, 0.717) is 38.3 Å². The van der Waals surface area contributed by atoms with Gasteiger partial charge in [-0.3, -0.25) is 19.4 Å². The molecule has 1 saturated carbocycles. The van der Waals surface area contributed by atoms with Crippen molar-refractivity contribution in [1.29, 1.82) is 0 Å². The molecular weight excluding hydrogens is 511 g/mol. The molecule has 9 heteroatoms. The number of amides is 2. The van der Waals surface area contributed by atoms with Crippen molar-refractivity contribution in [2.24, 2.45) is 0 Å². The van der Waals surface area contributed by atoms with E-state index in [9.17, 15) is 14.0 Å². The highest BCUT2D eigenvalue weighted by molar-refractivity contribution is 5.96. The molecule has 1 atom stereocenters. The molecule has 1 unspecified atom stereocenters. The number of carbonyl (C=O) groups is 2. The number of furan rings is 1. The Morgan fingerprint density at radius 3 is 2.38 bits per heavy atom. The van der Waals surface area contributed by atoms with Crippen LogP contribution in [0.1, 0.15) is 79.3 Å². The molecule has 1 aromatic heterocycles. The maximum Gasteiger partial charge on any atom is 0.290 e. The number of hydrogen-bond acceptors (Lipinski definition) is 6. The predicted molar refractivity (Wildman–Crippen MR) is 150 cm³/mol. The highest BCUT2D eigenvalue weighted by Gasteiger charge is 2.35. The number of rotatable bonds is 11. The zero-order valence-corrected chi connectivity index (χ0v) is 23.5. The molecule has 218 valence electrons. The second-order valence-electron chi connectivity index (χ2n) is 11.4. The van der Waals surface area contributed by atoms with Crippen LogP contribution in [0.4, 0.5) is 4.39 Å². The van der Waals surface area contributed by atoms with Crippen molar-refractivity contribution in [3.63, 3.8) is 0 Å². The van der Waals surface area contributed by atoms with E-state index in [0.717, 1.165) is 64.2 Å². The second-order valence-corrected chi connectivity index (χ2v) is 11.4. The van der Waals surface area contributed by atoms with Crippen LogP contribution in [0.15, 0.2) is 40.8 Å². The summed E-state index contributed by atoms with van der Waals surface area (Å²) in [5.74, 6) is 0.0739. The van der Waals surface area contributed by atoms with Gasteiger partial charge in [-0.1, -0.05) is 31.4 Å². The molecular formula is C31H43FN4O4. The van der Waals surface area contributed by atoms with Crippen molar-refractivity contribution in [1.82, 2.24) is 20.0 Å². The Bertz CT molecular complexity index is 1090. The zero-order chi connectivity index (χ0) is 27.7. The minimum Gasteiger partial charge on any atom is -0.455 e. The Kier molecular flexibility index (Phi) is 10.2. The molecule has 2 aromatic rings. The second kappa shape index (κ2) is 14.2. The smallest absolute Gasteiger partial charge is 0.290 e. The normalized spacial score (nSPS) is 19.9. The molecule has 0 bridgehead atoms. The first-order chi connectivity index (χ1) is 19.6. The van der Waals surface area contributed by atoms with Crippen LogP contribution < -0.4 is 5.32 Å². The number of piperidine rings is 1. The largest absolute Gasteiger partial charge is 0.455 e. The van der Waals surface area contributed by atoms with Gasteiger partial charge in [-0.2, -0.15) is 0 Å². The van der Waals surface area contributed by atoms with Gasteiger partial charge >= 0.3 is 0 Å². The summed E-state index contributed by atoms with van der Waals surface area (Å²) < 4.78 is 25.5. The third-order valence-corrected chi connectivity index (χ3v) is 8.39. The molecule has 1 aliphatic carbocycles. The van der Waals surface area contributed by atoms with Gasteiger partial charge in [0.15, 0.2) is 5.76 Å². The minimum atomic E-state index is -0.881. The van der Waals surface area contributed by atoms with Crippen LogP contribution in [0.5, 0.6) is 0 Å². The van der Waals surface area contributed by atoms with Gasteiger partial charge in [0.05, 0.1) is 19.8 Å². The zero-order valence-electron chi connectivity index (χ0n) is 23.5. The third kappa shape index (κ3) is 7.71. The molecule has 1 aromatic carbocycles. The third-order valence-electron chi connectivity index (χ3n) is 8.39. The van der Waals surface area contributed by atoms with E-state index in [2.05, 4.69) is 15.1 Å². The number of benzene rings is 1. The lowest BCUT2D eigenvalue weighted by Gasteiger charge is -2.33. The van der Waals surface area contributed by atoms with Gasteiger partial charge in [0.1, 0.15) is 17.6 Å². The van der Waals surface area contributed by atoms with E-state index in [-0.39, 0.29) is 29.4 Å². The maximum atomic E-state index is 14.1. The summed E-state index contributed by atoms with van der Waals surface area (Å²) in [4.78, 5) is 34.2. The van der Waals surface area contributed by atoms with Gasteiger partial charge in [-0.25, -0.2) is 4.39 Å². The van der Waals surface area contributed by atoms with Crippen LogP contribution in [-0.2, 0) is 16.1 Å². The summed E-state index contributed by atoms with van der Waals surface area (Å²) in [5.41, 5.74) is 0.594. The number of halogens is 1. The standard InChI is InChI=1S/C31H43FN4O4/c32-25-11-9-24(10-12-25)29(30(37)33-26-7-2-3-8-26)36(18-6-17-34-19-21-39-22-20-34)31(38)28-14-13-27(40-28)23-35-15-4-1-5-16-35/h9-14,26,29H,1-8,15-23H2,(H,33,37). The predicted octanol–water partition coefficient (Wildman–Crippen LogP) is 4.37. The van der Waals surface area contributed by atoms with Crippen molar-refractivity contribution >= 4 is 11.8 Å². The first-order valence-electron chi connectivity index (χ1n) is 15.0. The summed E-state index contributed by atoms with van der Waals surface area (Å²) >= 11 is 0. The lowest BCUT2D eigenvalue weighted by atomic mass is 10.0. The Hall–Kier alpha value is -2.75. The first-order valence-corrected chi connectivity index (χ1v) is 15.0. The van der Waals surface area contributed by atoms with E-state index in [1.807, 2.05) is 6.07 Å². The highest BCUT2D eigenvalue weighted by Crippen LogP contribution is 2.27. The highest BCUT2D eigenvalue weighted by atomic mass is 19.1. The molecule has 40 heavy (non-hydrogen) atoms. The van der Waals surface area contributed by atoms with Crippen LogP contribution in [-0.4, -0.2) is 85.0 Å². The van der Waals surface area contributed by atoms with Gasteiger partial charge in [0, 0.05) is 32.2 Å². The van der Waals surface area contributed by atoms with Crippen LogP contribution in [0.2, 0.25) is 0 Å². The summed E-state index contributed by atoms with van der Waals surface area (Å²) in [7, 11) is 0. The van der Waals surface area contributed by atoms with E-state index in [1.54, 1.807) is 23.1 Å². The number of morpholine rings is 1. The van der Waals surface area contributed by atoms with Gasteiger partial charge in [-0.15, -0.1) is 0 Å². The average molecular weight is 555 g/mol. The lowest BCUT2D eigenvalue weighted by molar-refractivity contribution is -0.126. The number of ether oxygens (including phenoxy) is 1. The quantitative estimate of drug-likeness (QED) is 0.445. The molecule has 2 saturated heterocycles. The number of likely N-dealkylation sites (tertiary alicyclic amines) is 1. The monoisotopic (exact) mass is 554 g/mol. The van der Waals surface area contributed by atoms with E-state index in [1.165, 1.54) is 31.4 Å². The molecule has 3 heterocycles. The maximum absolute atomic E-state index is 14.1. The molecule has 2 amide bonds. The number of carbonyl (C=O) groups excluding carboxylic acids is 2. The van der Waals surface area contributed by atoms with Crippen LogP contribution in [0, 0.1) is 5.82 Å². The van der Waals surface area contributed by atoms with Gasteiger partial charge in [0.25, 0.3) is 5.91 Å². The van der Waals surface area contributed by atoms with Crippen molar-refractivity contribution in [2.75, 3.05) is 52.5 Å². The summed E-state index contributed by atoms with van der Waals surface area (Å²) in [6, 6.07) is 8.75. The van der Waals surface area contributed by atoms with Gasteiger partial charge < -0.3 is 19.4 Å². The van der Waals surface area contributed by atoms with Crippen LogP contribution >= 0.6 is 0 Å². The van der Waals surface area contributed by atoms with Gasteiger partial charge in [0.2, 0.25) is 5.91 Å². The van der Waals surface area contributed by atoms with E-state index in [4.69, 9.17) is 9.15 Å². The average Bonchev–Trinajstić information content (AvgIpc) is 3.67. The SMILES string of the molecule is O=C(NC1CCCC1)C(c1ccc(F)cc1)N(CCCN1CCOCC1)C(=O)c1ccc(CN2CCCCC2)o1. The Morgan fingerprint density at radius 1 is 0.925 bits per heavy atom. The molecule has 0 spiro atoms. The van der Waals surface area contributed by atoms with Crippen LogP contribution in [0.25, 0.3) is 0 Å².